The summed E-state index contributed by atoms with van der Waals surface area (Å²) in [6, 6.07) is 13.7. The number of halogens is 1. The molecule has 0 spiro atoms. The van der Waals surface area contributed by atoms with E-state index in [4.69, 9.17) is 0 Å². The Morgan fingerprint density at radius 2 is 1.59 bits per heavy atom. The van der Waals surface area contributed by atoms with Crippen LogP contribution in [-0.2, 0) is 16.5 Å². The number of benzene rings is 2. The molecular weight excluding hydrogens is 321 g/mol. The fraction of sp³-hybridized carbons (Fsp3) is 0.0625. The quantitative estimate of drug-likeness (QED) is 0.740. The molecule has 22 heavy (non-hydrogen) atoms. The lowest BCUT2D eigenvalue weighted by Crippen LogP contribution is -1.87. The zero-order chi connectivity index (χ0) is 15.5. The maximum absolute atomic E-state index is 13.0. The molecule has 0 saturated carbocycles. The van der Waals surface area contributed by atoms with Crippen LogP contribution in [0.3, 0.4) is 0 Å². The van der Waals surface area contributed by atoms with E-state index in [9.17, 15) is 12.8 Å². The molecule has 112 valence electrons. The van der Waals surface area contributed by atoms with Crippen LogP contribution in [0.25, 0.3) is 21.6 Å². The highest BCUT2D eigenvalue weighted by molar-refractivity contribution is 7.71. The molecule has 0 aliphatic heterocycles. The summed E-state index contributed by atoms with van der Waals surface area (Å²) < 4.78 is 38.8. The highest BCUT2D eigenvalue weighted by Crippen LogP contribution is 2.35. The first-order valence-electron chi connectivity index (χ1n) is 6.55. The Balaban J connectivity index is 1.96. The first kappa shape index (κ1) is 14.9. The van der Waals surface area contributed by atoms with Gasteiger partial charge in [-0.25, -0.2) is 12.8 Å². The maximum atomic E-state index is 13.0. The van der Waals surface area contributed by atoms with E-state index in [2.05, 4.69) is 4.37 Å². The molecule has 0 bridgehead atoms. The van der Waals surface area contributed by atoms with Crippen molar-refractivity contribution >= 4 is 22.2 Å². The van der Waals surface area contributed by atoms with E-state index in [1.807, 2.05) is 12.1 Å². The van der Waals surface area contributed by atoms with Crippen LogP contribution in [0.4, 0.5) is 4.39 Å². The molecule has 0 saturated heterocycles. The smallest absolute Gasteiger partial charge is 0.144 e. The Hall–Kier alpha value is -2.05. The normalized spacial score (nSPS) is 11.0. The first-order chi connectivity index (χ1) is 10.6. The third-order valence-electron chi connectivity index (χ3n) is 3.25. The molecule has 0 amide bonds. The van der Waals surface area contributed by atoms with Gasteiger partial charge in [-0.15, -0.1) is 0 Å². The van der Waals surface area contributed by atoms with Crippen LogP contribution in [0.1, 0.15) is 5.56 Å². The summed E-state index contributed by atoms with van der Waals surface area (Å²) >= 11 is 1.35. The molecule has 0 atom stereocenters. The molecule has 0 fully saturated rings. The van der Waals surface area contributed by atoms with Crippen molar-refractivity contribution in [3.8, 4) is 21.6 Å². The average molecular weight is 333 g/mol. The molecule has 0 N–H and O–H groups in total. The molecule has 1 heterocycles. The Morgan fingerprint density at radius 3 is 2.23 bits per heavy atom. The molecule has 3 nitrogen and oxygen atoms in total. The number of hydrogen-bond donors (Lipinski definition) is 1. The van der Waals surface area contributed by atoms with Gasteiger partial charge in [0.15, 0.2) is 0 Å². The Kier molecular flexibility index (Phi) is 4.31. The lowest BCUT2D eigenvalue weighted by Gasteiger charge is -2.04. The number of aromatic nitrogens is 1. The number of nitrogens with zero attached hydrogens (tertiary/aromatic N) is 1. The summed E-state index contributed by atoms with van der Waals surface area (Å²) in [5.74, 6) is -0.228. The van der Waals surface area contributed by atoms with Crippen molar-refractivity contribution < 1.29 is 12.8 Å². The molecule has 0 aliphatic carbocycles. The second kappa shape index (κ2) is 6.37. The molecular formula is C16H12FNO2S2. The molecule has 1 aromatic heterocycles. The van der Waals surface area contributed by atoms with Gasteiger partial charge in [-0.3, -0.25) is 0 Å². The average Bonchev–Trinajstić information content (AvgIpc) is 2.97. The topological polar surface area (TPSA) is 47.0 Å². The fourth-order valence-electron chi connectivity index (χ4n) is 2.19. The van der Waals surface area contributed by atoms with Crippen LogP contribution in [0.2, 0.25) is 0 Å². The highest BCUT2D eigenvalue weighted by Gasteiger charge is 2.10. The van der Waals surface area contributed by atoms with Gasteiger partial charge in [-0.2, -0.15) is 4.37 Å². The second-order valence-corrected chi connectivity index (χ2v) is 6.55. The Morgan fingerprint density at radius 1 is 0.955 bits per heavy atom. The maximum Gasteiger partial charge on any atom is 0.144 e. The standard InChI is InChI=1S/C16H12FNO2S2/c17-14-7-5-13(6-8-14)16-15(9-18-21-16)12-3-1-11(2-4-12)10-22(19)20/h1-9,22H,10H2. The number of rotatable bonds is 4. The van der Waals surface area contributed by atoms with Gasteiger partial charge in [0.2, 0.25) is 0 Å². The minimum absolute atomic E-state index is 0.0440. The van der Waals surface area contributed by atoms with Gasteiger partial charge in [0, 0.05) is 11.8 Å². The van der Waals surface area contributed by atoms with Gasteiger partial charge >= 0.3 is 0 Å². The number of hydrogen-bond acceptors (Lipinski definition) is 4. The lowest BCUT2D eigenvalue weighted by atomic mass is 10.0. The van der Waals surface area contributed by atoms with Gasteiger partial charge in [-0.1, -0.05) is 36.4 Å². The largest absolute Gasteiger partial charge is 0.232 e. The van der Waals surface area contributed by atoms with Crippen molar-refractivity contribution in [2.45, 2.75) is 5.75 Å². The summed E-state index contributed by atoms with van der Waals surface area (Å²) in [6.07, 6.45) is 1.77. The van der Waals surface area contributed by atoms with Crippen molar-refractivity contribution in [3.63, 3.8) is 0 Å². The van der Waals surface area contributed by atoms with Gasteiger partial charge in [0.1, 0.15) is 16.5 Å². The molecule has 0 radical (unpaired) electrons. The summed E-state index contributed by atoms with van der Waals surface area (Å²) in [6.45, 7) is 0. The molecule has 6 heteroatoms. The Labute approximate surface area is 133 Å². The van der Waals surface area contributed by atoms with Crippen molar-refractivity contribution in [1.82, 2.24) is 4.37 Å². The van der Waals surface area contributed by atoms with E-state index in [1.165, 1.54) is 23.7 Å². The zero-order valence-electron chi connectivity index (χ0n) is 11.4. The van der Waals surface area contributed by atoms with Crippen LogP contribution >= 0.6 is 11.5 Å². The molecule has 2 aromatic carbocycles. The first-order valence-corrected chi connectivity index (χ1v) is 8.69. The Bertz CT molecular complexity index is 845. The van der Waals surface area contributed by atoms with Gasteiger partial charge in [-0.05, 0) is 40.4 Å². The van der Waals surface area contributed by atoms with E-state index >= 15 is 0 Å². The van der Waals surface area contributed by atoms with Gasteiger partial charge in [0.25, 0.3) is 0 Å². The predicted octanol–water partition coefficient (Wildman–Crippen LogP) is 3.73. The van der Waals surface area contributed by atoms with Crippen LogP contribution in [0, 0.1) is 5.82 Å². The summed E-state index contributed by atoms with van der Waals surface area (Å²) in [5, 5.41) is 0. The lowest BCUT2D eigenvalue weighted by molar-refractivity contribution is 0.614. The van der Waals surface area contributed by atoms with Gasteiger partial charge in [0.05, 0.1) is 10.6 Å². The minimum atomic E-state index is -2.42. The van der Waals surface area contributed by atoms with Crippen LogP contribution in [0.15, 0.2) is 54.7 Å². The van der Waals surface area contributed by atoms with Crippen LogP contribution in [-0.4, -0.2) is 12.8 Å². The fourth-order valence-corrected chi connectivity index (χ4v) is 3.48. The van der Waals surface area contributed by atoms with E-state index in [1.54, 1.807) is 30.5 Å². The molecule has 3 aromatic rings. The zero-order valence-corrected chi connectivity index (χ0v) is 13.1. The van der Waals surface area contributed by atoms with Crippen molar-refractivity contribution in [1.29, 1.82) is 0 Å². The van der Waals surface area contributed by atoms with Crippen molar-refractivity contribution in [2.24, 2.45) is 0 Å². The van der Waals surface area contributed by atoms with Crippen molar-refractivity contribution in [3.05, 3.63) is 66.1 Å². The van der Waals surface area contributed by atoms with Crippen LogP contribution < -0.4 is 0 Å². The third-order valence-corrected chi connectivity index (χ3v) is 4.73. The molecule has 0 aliphatic rings. The van der Waals surface area contributed by atoms with E-state index in [0.717, 1.165) is 27.1 Å². The second-order valence-electron chi connectivity index (χ2n) is 4.76. The molecule has 3 rings (SSSR count). The van der Waals surface area contributed by atoms with E-state index in [0.29, 0.717) is 0 Å². The number of thiol groups is 1. The monoisotopic (exact) mass is 333 g/mol. The minimum Gasteiger partial charge on any atom is -0.232 e. The van der Waals surface area contributed by atoms with Crippen LogP contribution in [0.5, 0.6) is 0 Å². The summed E-state index contributed by atoms with van der Waals surface area (Å²) in [7, 11) is -2.42. The van der Waals surface area contributed by atoms with E-state index in [-0.39, 0.29) is 11.6 Å². The highest BCUT2D eigenvalue weighted by atomic mass is 32.2. The summed E-state index contributed by atoms with van der Waals surface area (Å²) in [4.78, 5) is 0.961. The predicted molar refractivity (Wildman–Crippen MR) is 87.0 cm³/mol. The summed E-state index contributed by atoms with van der Waals surface area (Å²) in [5.41, 5.74) is 3.57. The SMILES string of the molecule is O=[SH](=O)Cc1ccc(-c2cnsc2-c2ccc(F)cc2)cc1. The van der Waals surface area contributed by atoms with E-state index < -0.39 is 10.7 Å². The van der Waals surface area contributed by atoms with Crippen molar-refractivity contribution in [2.75, 3.05) is 0 Å². The van der Waals surface area contributed by atoms with Gasteiger partial charge < -0.3 is 0 Å². The molecule has 0 unspecified atom stereocenters. The third kappa shape index (κ3) is 3.23.